The van der Waals surface area contributed by atoms with Crippen LogP contribution in [0.1, 0.15) is 16.8 Å². The lowest BCUT2D eigenvalue weighted by Gasteiger charge is -2.11. The molecule has 2 rings (SSSR count). The molecule has 1 heterocycles. The topological polar surface area (TPSA) is 38.9 Å². The van der Waals surface area contributed by atoms with Gasteiger partial charge in [-0.2, -0.15) is 13.2 Å². The lowest BCUT2D eigenvalue weighted by molar-refractivity contribution is -0.138. The second-order valence-corrected chi connectivity index (χ2v) is 6.14. The molecule has 1 aromatic heterocycles. The van der Waals surface area contributed by atoms with Crippen molar-refractivity contribution in [2.75, 3.05) is 5.73 Å². The van der Waals surface area contributed by atoms with Gasteiger partial charge in [0, 0.05) is 5.75 Å². The number of thiazole rings is 1. The van der Waals surface area contributed by atoms with Crippen molar-refractivity contribution < 1.29 is 13.2 Å². The van der Waals surface area contributed by atoms with E-state index in [1.165, 1.54) is 35.2 Å². The summed E-state index contributed by atoms with van der Waals surface area (Å²) in [5, 5.41) is 0.434. The highest BCUT2D eigenvalue weighted by atomic mass is 32.2. The molecule has 2 nitrogen and oxygen atoms in total. The van der Waals surface area contributed by atoms with Gasteiger partial charge >= 0.3 is 6.18 Å². The number of hydrogen-bond acceptors (Lipinski definition) is 4. The van der Waals surface area contributed by atoms with Gasteiger partial charge in [0.25, 0.3) is 0 Å². The highest BCUT2D eigenvalue weighted by Gasteiger charge is 2.32. The van der Waals surface area contributed by atoms with E-state index in [0.29, 0.717) is 5.13 Å². The number of rotatable bonds is 3. The van der Waals surface area contributed by atoms with Crippen LogP contribution in [0.2, 0.25) is 0 Å². The van der Waals surface area contributed by atoms with Crippen molar-refractivity contribution in [2.45, 2.75) is 23.1 Å². The molecule has 0 aliphatic rings. The van der Waals surface area contributed by atoms with E-state index in [2.05, 4.69) is 4.98 Å². The van der Waals surface area contributed by atoms with Crippen molar-refractivity contribution in [3.05, 3.63) is 41.1 Å². The molecule has 0 radical (unpaired) electrons. The first-order valence-electron chi connectivity index (χ1n) is 5.38. The van der Waals surface area contributed by atoms with E-state index in [9.17, 15) is 13.2 Å². The molecular weight excluding hydrogens is 293 g/mol. The number of benzene rings is 1. The second-order valence-electron chi connectivity index (χ2n) is 3.87. The van der Waals surface area contributed by atoms with Crippen molar-refractivity contribution in [3.8, 4) is 0 Å². The van der Waals surface area contributed by atoms with Crippen molar-refractivity contribution in [1.82, 2.24) is 4.98 Å². The number of alkyl halides is 3. The highest BCUT2D eigenvalue weighted by Crippen LogP contribution is 2.37. The van der Waals surface area contributed by atoms with E-state index in [4.69, 9.17) is 5.73 Å². The molecule has 1 aromatic carbocycles. The summed E-state index contributed by atoms with van der Waals surface area (Å²) in [6.07, 6.45) is -4.32. The van der Waals surface area contributed by atoms with Gasteiger partial charge in [-0.3, -0.25) is 0 Å². The fraction of sp³-hybridized carbons (Fsp3) is 0.250. The number of hydrogen-bond donors (Lipinski definition) is 1. The van der Waals surface area contributed by atoms with Gasteiger partial charge in [-0.05, 0) is 18.6 Å². The van der Waals surface area contributed by atoms with Crippen LogP contribution in [0.5, 0.6) is 0 Å². The first-order valence-corrected chi connectivity index (χ1v) is 7.19. The minimum Gasteiger partial charge on any atom is -0.375 e. The molecule has 0 saturated carbocycles. The summed E-state index contributed by atoms with van der Waals surface area (Å²) < 4.78 is 39.3. The zero-order valence-electron chi connectivity index (χ0n) is 9.99. The van der Waals surface area contributed by atoms with E-state index in [1.807, 2.05) is 0 Å². The molecule has 0 spiro atoms. The molecule has 0 aliphatic heterocycles. The van der Waals surface area contributed by atoms with Gasteiger partial charge < -0.3 is 5.73 Å². The highest BCUT2D eigenvalue weighted by molar-refractivity contribution is 8.00. The fourth-order valence-corrected chi connectivity index (χ4v) is 3.63. The summed E-state index contributed by atoms with van der Waals surface area (Å²) in [5.74, 6) is 0.248. The Morgan fingerprint density at radius 1 is 1.32 bits per heavy atom. The Bertz CT molecular complexity index is 579. The predicted molar refractivity (Wildman–Crippen MR) is 72.3 cm³/mol. The van der Waals surface area contributed by atoms with Crippen LogP contribution in [-0.2, 0) is 11.9 Å². The Kier molecular flexibility index (Phi) is 4.05. The van der Waals surface area contributed by atoms with Gasteiger partial charge in [-0.15, -0.1) is 11.8 Å². The van der Waals surface area contributed by atoms with Gasteiger partial charge in [0.05, 0.1) is 15.5 Å². The molecule has 2 aromatic rings. The predicted octanol–water partition coefficient (Wildman–Crippen LogP) is 4.34. The SMILES string of the molecule is Cc1nc(N)sc1SCc1ccccc1C(F)(F)F. The van der Waals surface area contributed by atoms with Crippen LogP contribution in [0.4, 0.5) is 18.3 Å². The molecule has 0 aliphatic carbocycles. The Morgan fingerprint density at radius 2 is 2.00 bits per heavy atom. The quantitative estimate of drug-likeness (QED) is 0.857. The van der Waals surface area contributed by atoms with Crippen molar-refractivity contribution in [3.63, 3.8) is 0 Å². The van der Waals surface area contributed by atoms with Crippen molar-refractivity contribution >= 4 is 28.2 Å². The van der Waals surface area contributed by atoms with Crippen LogP contribution in [0.25, 0.3) is 0 Å². The summed E-state index contributed by atoms with van der Waals surface area (Å²) in [5.41, 5.74) is 6.01. The van der Waals surface area contributed by atoms with Gasteiger partial charge in [-0.25, -0.2) is 4.98 Å². The van der Waals surface area contributed by atoms with Crippen LogP contribution >= 0.6 is 23.1 Å². The summed E-state index contributed by atoms with van der Waals surface area (Å²) in [7, 11) is 0. The van der Waals surface area contributed by atoms with Crippen LogP contribution < -0.4 is 5.73 Å². The van der Waals surface area contributed by atoms with Crippen molar-refractivity contribution in [1.29, 1.82) is 0 Å². The standard InChI is InChI=1S/C12H11F3N2S2/c1-7-10(19-11(16)17-7)18-6-8-4-2-3-5-9(8)12(13,14)15/h2-5H,6H2,1H3,(H2,16,17). The zero-order chi connectivity index (χ0) is 14.0. The Labute approximate surface area is 116 Å². The number of aromatic nitrogens is 1. The van der Waals surface area contributed by atoms with E-state index in [0.717, 1.165) is 16.0 Å². The summed E-state index contributed by atoms with van der Waals surface area (Å²) in [6.45, 7) is 1.80. The first-order chi connectivity index (χ1) is 8.88. The van der Waals surface area contributed by atoms with E-state index in [-0.39, 0.29) is 11.3 Å². The van der Waals surface area contributed by atoms with Gasteiger partial charge in [0.1, 0.15) is 0 Å². The first kappa shape index (κ1) is 14.2. The molecular formula is C12H11F3N2S2. The number of nitrogen functional groups attached to an aromatic ring is 1. The lowest BCUT2D eigenvalue weighted by atomic mass is 10.1. The number of anilines is 1. The summed E-state index contributed by atoms with van der Waals surface area (Å²) in [4.78, 5) is 4.05. The normalized spacial score (nSPS) is 11.8. The minimum absolute atomic E-state index is 0.248. The summed E-state index contributed by atoms with van der Waals surface area (Å²) in [6, 6.07) is 5.60. The average Bonchev–Trinajstić information content (AvgIpc) is 2.64. The second kappa shape index (κ2) is 5.42. The lowest BCUT2D eigenvalue weighted by Crippen LogP contribution is -2.08. The molecule has 0 amide bonds. The van der Waals surface area contributed by atoms with Crippen LogP contribution in [0.3, 0.4) is 0 Å². The molecule has 0 saturated heterocycles. The fourth-order valence-electron chi connectivity index (χ4n) is 1.60. The number of nitrogens with zero attached hydrogens (tertiary/aromatic N) is 1. The molecule has 7 heteroatoms. The summed E-state index contributed by atoms with van der Waals surface area (Å²) >= 11 is 2.62. The third-order valence-corrected chi connectivity index (χ3v) is 4.85. The smallest absolute Gasteiger partial charge is 0.375 e. The number of aryl methyl sites for hydroxylation is 1. The molecule has 19 heavy (non-hydrogen) atoms. The maximum Gasteiger partial charge on any atom is 0.416 e. The molecule has 2 N–H and O–H groups in total. The van der Waals surface area contributed by atoms with Crippen LogP contribution in [-0.4, -0.2) is 4.98 Å². The third-order valence-electron chi connectivity index (χ3n) is 2.45. The van der Waals surface area contributed by atoms with E-state index >= 15 is 0 Å². The molecule has 102 valence electrons. The van der Waals surface area contributed by atoms with Crippen molar-refractivity contribution in [2.24, 2.45) is 0 Å². The molecule has 0 unspecified atom stereocenters. The van der Waals surface area contributed by atoms with Gasteiger partial charge in [-0.1, -0.05) is 29.5 Å². The Hall–Kier alpha value is -1.21. The maximum atomic E-state index is 12.8. The minimum atomic E-state index is -4.32. The molecule has 0 bridgehead atoms. The van der Waals surface area contributed by atoms with Gasteiger partial charge in [0.2, 0.25) is 0 Å². The van der Waals surface area contributed by atoms with Gasteiger partial charge in [0.15, 0.2) is 5.13 Å². The largest absolute Gasteiger partial charge is 0.416 e. The maximum absolute atomic E-state index is 12.8. The third kappa shape index (κ3) is 3.42. The zero-order valence-corrected chi connectivity index (χ0v) is 11.6. The number of thioether (sulfide) groups is 1. The number of nitrogens with two attached hydrogens (primary N) is 1. The van der Waals surface area contributed by atoms with E-state index < -0.39 is 11.7 Å². The Balaban J connectivity index is 2.18. The van der Waals surface area contributed by atoms with Crippen LogP contribution in [0.15, 0.2) is 28.5 Å². The number of halogens is 3. The van der Waals surface area contributed by atoms with Crippen LogP contribution in [0, 0.1) is 6.92 Å². The molecule has 0 atom stereocenters. The monoisotopic (exact) mass is 304 g/mol. The molecule has 0 fully saturated rings. The average molecular weight is 304 g/mol. The van der Waals surface area contributed by atoms with E-state index in [1.54, 1.807) is 13.0 Å². The Morgan fingerprint density at radius 3 is 2.58 bits per heavy atom.